The standard InChI is InChI=1S/C17H15NO2/c1-3-11-8-10(2)9-14(18-11)15-16(19)12-6-4-5-7-13(12)17(15)20/h4-9,15H,3H2,1-2H3. The van der Waals surface area contributed by atoms with Gasteiger partial charge in [-0.1, -0.05) is 31.2 Å². The van der Waals surface area contributed by atoms with Crippen LogP contribution in [0.4, 0.5) is 0 Å². The van der Waals surface area contributed by atoms with E-state index in [4.69, 9.17) is 0 Å². The van der Waals surface area contributed by atoms with E-state index in [1.54, 1.807) is 24.3 Å². The van der Waals surface area contributed by atoms with Gasteiger partial charge in [0.15, 0.2) is 11.6 Å². The average Bonchev–Trinajstić information content (AvgIpc) is 2.71. The molecule has 0 amide bonds. The number of aryl methyl sites for hydroxylation is 2. The van der Waals surface area contributed by atoms with Crippen LogP contribution in [-0.2, 0) is 6.42 Å². The summed E-state index contributed by atoms with van der Waals surface area (Å²) >= 11 is 0. The minimum Gasteiger partial charge on any atom is -0.293 e. The molecule has 20 heavy (non-hydrogen) atoms. The van der Waals surface area contributed by atoms with Gasteiger partial charge in [-0.2, -0.15) is 0 Å². The monoisotopic (exact) mass is 265 g/mol. The van der Waals surface area contributed by atoms with Crippen LogP contribution in [0.15, 0.2) is 36.4 Å². The van der Waals surface area contributed by atoms with Crippen molar-refractivity contribution in [2.24, 2.45) is 0 Å². The predicted molar refractivity (Wildman–Crippen MR) is 76.2 cm³/mol. The molecule has 0 unspecified atom stereocenters. The Morgan fingerprint density at radius 2 is 1.65 bits per heavy atom. The van der Waals surface area contributed by atoms with Crippen LogP contribution >= 0.6 is 0 Å². The molecule has 0 fully saturated rings. The lowest BCUT2D eigenvalue weighted by atomic mass is 9.97. The SMILES string of the molecule is CCc1cc(C)cc(C2C(=O)c3ccccc3C2=O)n1. The van der Waals surface area contributed by atoms with Crippen LogP contribution < -0.4 is 0 Å². The van der Waals surface area contributed by atoms with Crippen molar-refractivity contribution in [1.29, 1.82) is 0 Å². The Hall–Kier alpha value is -2.29. The number of carbonyl (C=O) groups excluding carboxylic acids is 2. The number of ketones is 2. The Balaban J connectivity index is 2.11. The van der Waals surface area contributed by atoms with Crippen LogP contribution in [0.25, 0.3) is 0 Å². The Bertz CT molecular complexity index is 684. The van der Waals surface area contributed by atoms with Crippen molar-refractivity contribution in [3.63, 3.8) is 0 Å². The number of carbonyl (C=O) groups is 2. The number of Topliss-reactive ketones (excluding diaryl/α,β-unsaturated/α-hetero) is 2. The van der Waals surface area contributed by atoms with Crippen molar-refractivity contribution in [2.75, 3.05) is 0 Å². The van der Waals surface area contributed by atoms with Gasteiger partial charge in [0.1, 0.15) is 5.92 Å². The van der Waals surface area contributed by atoms with E-state index >= 15 is 0 Å². The van der Waals surface area contributed by atoms with Crippen molar-refractivity contribution < 1.29 is 9.59 Å². The fraction of sp³-hybridized carbons (Fsp3) is 0.235. The lowest BCUT2D eigenvalue weighted by molar-refractivity contribution is 0.0888. The molecular weight excluding hydrogens is 250 g/mol. The smallest absolute Gasteiger partial charge is 0.180 e. The summed E-state index contributed by atoms with van der Waals surface area (Å²) in [7, 11) is 0. The minimum atomic E-state index is -0.766. The first-order valence-corrected chi connectivity index (χ1v) is 6.76. The highest BCUT2D eigenvalue weighted by Gasteiger charge is 2.40. The van der Waals surface area contributed by atoms with Crippen LogP contribution in [0.5, 0.6) is 0 Å². The minimum absolute atomic E-state index is 0.134. The lowest BCUT2D eigenvalue weighted by Crippen LogP contribution is -2.15. The second-order valence-corrected chi connectivity index (χ2v) is 5.12. The Morgan fingerprint density at radius 3 is 2.20 bits per heavy atom. The molecule has 0 N–H and O–H groups in total. The number of fused-ring (bicyclic) bond motifs is 1. The largest absolute Gasteiger partial charge is 0.293 e. The maximum Gasteiger partial charge on any atom is 0.180 e. The summed E-state index contributed by atoms with van der Waals surface area (Å²) < 4.78 is 0. The van der Waals surface area contributed by atoms with Gasteiger partial charge in [0.2, 0.25) is 0 Å². The van der Waals surface area contributed by atoms with Gasteiger partial charge in [0.05, 0.1) is 5.69 Å². The molecule has 0 spiro atoms. The average molecular weight is 265 g/mol. The van der Waals surface area contributed by atoms with Crippen LogP contribution in [0.1, 0.15) is 50.5 Å². The van der Waals surface area contributed by atoms with E-state index in [9.17, 15) is 9.59 Å². The molecule has 1 heterocycles. The summed E-state index contributed by atoms with van der Waals surface area (Å²) in [5.74, 6) is -1.03. The predicted octanol–water partition coefficient (Wildman–Crippen LogP) is 3.12. The van der Waals surface area contributed by atoms with Crippen LogP contribution in [0, 0.1) is 6.92 Å². The quantitative estimate of drug-likeness (QED) is 0.784. The topological polar surface area (TPSA) is 47.0 Å². The van der Waals surface area contributed by atoms with Gasteiger partial charge in [-0.15, -0.1) is 0 Å². The van der Waals surface area contributed by atoms with Gasteiger partial charge in [-0.25, -0.2) is 0 Å². The maximum absolute atomic E-state index is 12.5. The number of hydrogen-bond donors (Lipinski definition) is 0. The molecule has 100 valence electrons. The third-order valence-electron chi connectivity index (χ3n) is 3.68. The van der Waals surface area contributed by atoms with E-state index in [0.29, 0.717) is 16.8 Å². The fourth-order valence-electron chi connectivity index (χ4n) is 2.71. The lowest BCUT2D eigenvalue weighted by Gasteiger charge is -2.09. The molecule has 0 saturated carbocycles. The third-order valence-corrected chi connectivity index (χ3v) is 3.68. The zero-order valence-corrected chi connectivity index (χ0v) is 11.5. The Labute approximate surface area is 117 Å². The van der Waals surface area contributed by atoms with Crippen LogP contribution in [-0.4, -0.2) is 16.6 Å². The molecule has 0 radical (unpaired) electrons. The van der Waals surface area contributed by atoms with E-state index < -0.39 is 5.92 Å². The molecule has 1 aromatic heterocycles. The summed E-state index contributed by atoms with van der Waals surface area (Å²) in [6, 6.07) is 10.8. The fourth-order valence-corrected chi connectivity index (χ4v) is 2.71. The summed E-state index contributed by atoms with van der Waals surface area (Å²) in [4.78, 5) is 29.4. The van der Waals surface area contributed by atoms with Crippen molar-refractivity contribution in [3.05, 3.63) is 64.5 Å². The molecule has 1 aliphatic rings. The Kier molecular flexibility index (Phi) is 2.97. The number of pyridine rings is 1. The number of benzene rings is 1. The summed E-state index contributed by atoms with van der Waals surface area (Å²) in [5, 5.41) is 0. The van der Waals surface area contributed by atoms with E-state index in [-0.39, 0.29) is 11.6 Å². The highest BCUT2D eigenvalue weighted by molar-refractivity contribution is 6.29. The Morgan fingerprint density at radius 1 is 1.05 bits per heavy atom. The number of hydrogen-bond acceptors (Lipinski definition) is 3. The van der Waals surface area contributed by atoms with Crippen LogP contribution in [0.3, 0.4) is 0 Å². The maximum atomic E-state index is 12.5. The zero-order chi connectivity index (χ0) is 14.3. The molecule has 1 aromatic carbocycles. The van der Waals surface area contributed by atoms with E-state index in [0.717, 1.165) is 17.7 Å². The van der Waals surface area contributed by atoms with Crippen molar-refractivity contribution >= 4 is 11.6 Å². The molecule has 3 rings (SSSR count). The van der Waals surface area contributed by atoms with Gasteiger partial charge in [-0.05, 0) is 31.0 Å². The first kappa shape index (κ1) is 12.7. The van der Waals surface area contributed by atoms with Gasteiger partial charge < -0.3 is 0 Å². The molecule has 0 atom stereocenters. The zero-order valence-electron chi connectivity index (χ0n) is 11.5. The van der Waals surface area contributed by atoms with E-state index in [1.807, 2.05) is 26.0 Å². The molecule has 2 aromatic rings. The van der Waals surface area contributed by atoms with Crippen LogP contribution in [0.2, 0.25) is 0 Å². The number of rotatable bonds is 2. The second-order valence-electron chi connectivity index (χ2n) is 5.12. The normalized spacial score (nSPS) is 14.7. The second kappa shape index (κ2) is 4.67. The highest BCUT2D eigenvalue weighted by atomic mass is 16.2. The van der Waals surface area contributed by atoms with Crippen molar-refractivity contribution in [2.45, 2.75) is 26.2 Å². The molecular formula is C17H15NO2. The van der Waals surface area contributed by atoms with Gasteiger partial charge in [-0.3, -0.25) is 14.6 Å². The summed E-state index contributed by atoms with van der Waals surface area (Å²) in [6.07, 6.45) is 0.788. The molecule has 0 aliphatic heterocycles. The molecule has 3 nitrogen and oxygen atoms in total. The molecule has 0 saturated heterocycles. The van der Waals surface area contributed by atoms with Gasteiger partial charge >= 0.3 is 0 Å². The van der Waals surface area contributed by atoms with E-state index in [1.165, 1.54) is 0 Å². The van der Waals surface area contributed by atoms with Gasteiger partial charge in [0.25, 0.3) is 0 Å². The number of nitrogens with zero attached hydrogens (tertiary/aromatic N) is 1. The molecule has 1 aliphatic carbocycles. The first-order chi connectivity index (χ1) is 9.61. The van der Waals surface area contributed by atoms with Crippen molar-refractivity contribution in [3.8, 4) is 0 Å². The molecule has 3 heteroatoms. The molecule has 0 bridgehead atoms. The first-order valence-electron chi connectivity index (χ1n) is 6.76. The third kappa shape index (κ3) is 1.86. The summed E-state index contributed by atoms with van der Waals surface area (Å²) in [5.41, 5.74) is 3.56. The highest BCUT2D eigenvalue weighted by Crippen LogP contribution is 2.33. The number of aromatic nitrogens is 1. The van der Waals surface area contributed by atoms with E-state index in [2.05, 4.69) is 4.98 Å². The summed E-state index contributed by atoms with van der Waals surface area (Å²) in [6.45, 7) is 3.97. The van der Waals surface area contributed by atoms with Gasteiger partial charge in [0, 0.05) is 16.8 Å². The van der Waals surface area contributed by atoms with Crippen molar-refractivity contribution in [1.82, 2.24) is 4.98 Å².